The Morgan fingerprint density at radius 2 is 2.29 bits per heavy atom. The van der Waals surface area contributed by atoms with E-state index >= 15 is 0 Å². The Bertz CT molecular complexity index is 559. The monoisotopic (exact) mass is 293 g/mol. The molecule has 114 valence electrons. The lowest BCUT2D eigenvalue weighted by Crippen LogP contribution is -2.45. The van der Waals surface area contributed by atoms with Crippen molar-refractivity contribution >= 4 is 17.7 Å². The molecule has 1 aromatic carbocycles. The highest BCUT2D eigenvalue weighted by Gasteiger charge is 2.31. The second kappa shape index (κ2) is 5.90. The van der Waals surface area contributed by atoms with E-state index in [9.17, 15) is 9.59 Å². The molecule has 0 bridgehead atoms. The highest BCUT2D eigenvalue weighted by atomic mass is 16.5. The molecule has 2 amide bonds. The van der Waals surface area contributed by atoms with Crippen molar-refractivity contribution in [1.29, 1.82) is 0 Å². The minimum atomic E-state index is -1.13. The molecule has 0 saturated heterocycles. The number of carboxylic acid groups (broad SMARTS) is 1. The summed E-state index contributed by atoms with van der Waals surface area (Å²) < 4.78 is 5.78. The number of rotatable bonds is 3. The minimum Gasteiger partial charge on any atom is -0.484 e. The molecule has 0 fully saturated rings. The average molecular weight is 293 g/mol. The number of ether oxygens (including phenoxy) is 1. The maximum absolute atomic E-state index is 12.6. The van der Waals surface area contributed by atoms with E-state index in [1.54, 1.807) is 23.1 Å². The van der Waals surface area contributed by atoms with Crippen LogP contribution in [0.15, 0.2) is 18.2 Å². The first-order valence-corrected chi connectivity index (χ1v) is 6.73. The summed E-state index contributed by atoms with van der Waals surface area (Å²) in [5, 5.41) is 11.0. The first-order valence-electron chi connectivity index (χ1n) is 6.73. The van der Waals surface area contributed by atoms with Crippen molar-refractivity contribution in [3.8, 4) is 5.75 Å². The molecule has 1 unspecified atom stereocenters. The number of nitrogens with two attached hydrogens (primary N) is 1. The van der Waals surface area contributed by atoms with Crippen LogP contribution in [0.4, 0.5) is 10.5 Å². The maximum atomic E-state index is 12.6. The largest absolute Gasteiger partial charge is 0.484 e. The van der Waals surface area contributed by atoms with Gasteiger partial charge in [0.15, 0.2) is 5.75 Å². The van der Waals surface area contributed by atoms with Crippen molar-refractivity contribution < 1.29 is 19.4 Å². The van der Waals surface area contributed by atoms with Gasteiger partial charge in [0.05, 0.1) is 24.3 Å². The van der Waals surface area contributed by atoms with Gasteiger partial charge in [0.1, 0.15) is 6.10 Å². The number of benzene rings is 1. The van der Waals surface area contributed by atoms with E-state index in [1.807, 2.05) is 13.8 Å². The van der Waals surface area contributed by atoms with Crippen LogP contribution in [-0.4, -0.2) is 47.2 Å². The first kappa shape index (κ1) is 15.0. The van der Waals surface area contributed by atoms with Gasteiger partial charge < -0.3 is 25.8 Å². The minimum absolute atomic E-state index is 0.0270. The lowest BCUT2D eigenvalue weighted by molar-refractivity contribution is 0.0648. The smallest absolute Gasteiger partial charge is 0.404 e. The molecule has 4 N–H and O–H groups in total. The lowest BCUT2D eigenvalue weighted by Gasteiger charge is -2.27. The molecule has 0 aliphatic carbocycles. The number of nitrogens with one attached hydrogen (secondary N) is 1. The van der Waals surface area contributed by atoms with Gasteiger partial charge >= 0.3 is 6.09 Å². The van der Waals surface area contributed by atoms with E-state index in [1.165, 1.54) is 0 Å². The summed E-state index contributed by atoms with van der Waals surface area (Å²) in [7, 11) is 0. The van der Waals surface area contributed by atoms with Crippen molar-refractivity contribution in [1.82, 2.24) is 10.2 Å². The van der Waals surface area contributed by atoms with Crippen LogP contribution in [0.5, 0.6) is 5.75 Å². The summed E-state index contributed by atoms with van der Waals surface area (Å²) in [5.41, 5.74) is 6.65. The molecule has 1 aliphatic heterocycles. The van der Waals surface area contributed by atoms with Gasteiger partial charge in [-0.15, -0.1) is 0 Å². The molecular weight excluding hydrogens is 274 g/mol. The van der Waals surface area contributed by atoms with Crippen molar-refractivity contribution in [2.45, 2.75) is 26.0 Å². The molecule has 1 atom stereocenters. The molecule has 21 heavy (non-hydrogen) atoms. The lowest BCUT2D eigenvalue weighted by atomic mass is 10.1. The van der Waals surface area contributed by atoms with Crippen molar-refractivity contribution in [3.63, 3.8) is 0 Å². The molecule has 0 saturated carbocycles. The molecule has 0 spiro atoms. The number of amides is 2. The van der Waals surface area contributed by atoms with Gasteiger partial charge in [-0.1, -0.05) is 6.07 Å². The summed E-state index contributed by atoms with van der Waals surface area (Å²) in [6.07, 6.45) is -1.62. The highest BCUT2D eigenvalue weighted by Crippen LogP contribution is 2.31. The van der Waals surface area contributed by atoms with Crippen LogP contribution in [0.1, 0.15) is 24.2 Å². The molecule has 7 nitrogen and oxygen atoms in total. The van der Waals surface area contributed by atoms with Crippen molar-refractivity contribution in [2.24, 2.45) is 0 Å². The summed E-state index contributed by atoms with van der Waals surface area (Å²) in [4.78, 5) is 24.9. The second-order valence-corrected chi connectivity index (χ2v) is 5.20. The number of nitrogens with zero attached hydrogens (tertiary/aromatic N) is 1. The van der Waals surface area contributed by atoms with Crippen molar-refractivity contribution in [3.05, 3.63) is 23.8 Å². The van der Waals surface area contributed by atoms with Gasteiger partial charge in [-0.25, -0.2) is 4.79 Å². The van der Waals surface area contributed by atoms with E-state index in [4.69, 9.17) is 15.6 Å². The fraction of sp³-hybridized carbons (Fsp3) is 0.429. The van der Waals surface area contributed by atoms with Crippen LogP contribution in [0.3, 0.4) is 0 Å². The molecule has 1 aromatic rings. The second-order valence-electron chi connectivity index (χ2n) is 5.20. The van der Waals surface area contributed by atoms with Gasteiger partial charge in [0.2, 0.25) is 0 Å². The molecule has 0 aromatic heterocycles. The van der Waals surface area contributed by atoms with Crippen molar-refractivity contribution in [2.75, 3.05) is 18.8 Å². The third-order valence-corrected chi connectivity index (χ3v) is 3.33. The van der Waals surface area contributed by atoms with E-state index in [2.05, 4.69) is 5.32 Å². The van der Waals surface area contributed by atoms with Gasteiger partial charge in [0, 0.05) is 6.04 Å². The highest BCUT2D eigenvalue weighted by molar-refractivity contribution is 5.99. The van der Waals surface area contributed by atoms with Gasteiger partial charge in [-0.3, -0.25) is 4.79 Å². The third-order valence-electron chi connectivity index (χ3n) is 3.33. The fourth-order valence-corrected chi connectivity index (χ4v) is 2.27. The molecule has 2 rings (SSSR count). The van der Waals surface area contributed by atoms with Crippen LogP contribution in [0.2, 0.25) is 0 Å². The third kappa shape index (κ3) is 3.18. The van der Waals surface area contributed by atoms with Crippen LogP contribution in [-0.2, 0) is 0 Å². The maximum Gasteiger partial charge on any atom is 0.404 e. The Morgan fingerprint density at radius 1 is 1.57 bits per heavy atom. The Balaban J connectivity index is 2.35. The van der Waals surface area contributed by atoms with E-state index in [-0.39, 0.29) is 18.5 Å². The summed E-state index contributed by atoms with van der Waals surface area (Å²) >= 11 is 0. The number of nitrogen functional groups attached to an aromatic ring is 1. The number of hydrogen-bond donors (Lipinski definition) is 3. The number of anilines is 1. The zero-order valence-electron chi connectivity index (χ0n) is 12.0. The summed E-state index contributed by atoms with van der Waals surface area (Å²) in [6.45, 7) is 4.18. The van der Waals surface area contributed by atoms with E-state index in [0.29, 0.717) is 23.5 Å². The Labute approximate surface area is 122 Å². The number of carbonyl (C=O) groups excluding carboxylic acids is 1. The molecule has 7 heteroatoms. The fourth-order valence-electron chi connectivity index (χ4n) is 2.27. The standard InChI is InChI=1S/C14H19N3O4/c1-8(2)17-7-9(6-16-14(19)20)21-12-10(13(17)18)4-3-5-11(12)15/h3-5,8-9,16H,6-7,15H2,1-2H3,(H,19,20). The van der Waals surface area contributed by atoms with E-state index < -0.39 is 12.2 Å². The summed E-state index contributed by atoms with van der Waals surface area (Å²) in [5.74, 6) is 0.160. The Hall–Kier alpha value is -2.44. The number of fused-ring (bicyclic) bond motifs is 1. The van der Waals surface area contributed by atoms with Gasteiger partial charge in [-0.05, 0) is 26.0 Å². The van der Waals surface area contributed by atoms with Gasteiger partial charge in [0.25, 0.3) is 5.91 Å². The Kier molecular flexibility index (Phi) is 4.21. The summed E-state index contributed by atoms with van der Waals surface area (Å²) in [6, 6.07) is 4.99. The molecule has 1 heterocycles. The predicted octanol–water partition coefficient (Wildman–Crippen LogP) is 1.15. The van der Waals surface area contributed by atoms with E-state index in [0.717, 1.165) is 0 Å². The quantitative estimate of drug-likeness (QED) is 0.725. The molecule has 1 aliphatic rings. The zero-order chi connectivity index (χ0) is 15.6. The first-order chi connectivity index (χ1) is 9.90. The predicted molar refractivity (Wildman–Crippen MR) is 77.5 cm³/mol. The number of carbonyl (C=O) groups is 2. The van der Waals surface area contributed by atoms with Crippen LogP contribution < -0.4 is 15.8 Å². The zero-order valence-corrected chi connectivity index (χ0v) is 12.0. The van der Waals surface area contributed by atoms with Crippen LogP contribution in [0.25, 0.3) is 0 Å². The topological polar surface area (TPSA) is 105 Å². The molecular formula is C14H19N3O4. The number of hydrogen-bond acceptors (Lipinski definition) is 4. The van der Waals surface area contributed by atoms with Crippen LogP contribution >= 0.6 is 0 Å². The normalized spacial score (nSPS) is 18.0. The van der Waals surface area contributed by atoms with Crippen LogP contribution in [0, 0.1) is 0 Å². The SMILES string of the molecule is CC(C)N1CC(CNC(=O)O)Oc2c(N)cccc2C1=O. The Morgan fingerprint density at radius 3 is 2.90 bits per heavy atom. The average Bonchev–Trinajstić information content (AvgIpc) is 2.55. The number of para-hydroxylation sites is 1. The molecule has 0 radical (unpaired) electrons. The van der Waals surface area contributed by atoms with Gasteiger partial charge in [-0.2, -0.15) is 0 Å².